The smallest absolute Gasteiger partial charge is 0.179 e. The lowest BCUT2D eigenvalue weighted by Gasteiger charge is -2.25. The summed E-state index contributed by atoms with van der Waals surface area (Å²) in [6.45, 7) is 2.16. The van der Waals surface area contributed by atoms with Crippen LogP contribution in [0.15, 0.2) is 30.3 Å². The fraction of sp³-hybridized carbons (Fsp3) is 0.500. The highest BCUT2D eigenvalue weighted by Crippen LogP contribution is 2.30. The lowest BCUT2D eigenvalue weighted by Crippen LogP contribution is -2.26. The fourth-order valence-corrected chi connectivity index (χ4v) is 1.86. The van der Waals surface area contributed by atoms with E-state index in [0.717, 1.165) is 31.2 Å². The first-order valence-electron chi connectivity index (χ1n) is 5.81. The van der Waals surface area contributed by atoms with Gasteiger partial charge in [0.2, 0.25) is 0 Å². The molecule has 0 aliphatic heterocycles. The van der Waals surface area contributed by atoms with Crippen molar-refractivity contribution >= 4 is 0 Å². The van der Waals surface area contributed by atoms with E-state index in [1.165, 1.54) is 0 Å². The number of hydrogen-bond donors (Lipinski definition) is 0. The average molecular weight is 217 g/mol. The van der Waals surface area contributed by atoms with Crippen LogP contribution in [0.1, 0.15) is 38.2 Å². The van der Waals surface area contributed by atoms with Crippen LogP contribution in [0.3, 0.4) is 0 Å². The van der Waals surface area contributed by atoms with Crippen molar-refractivity contribution in [1.82, 2.24) is 0 Å². The zero-order valence-electron chi connectivity index (χ0n) is 10.1. The van der Waals surface area contributed by atoms with Gasteiger partial charge in [0.1, 0.15) is 6.07 Å². The largest absolute Gasteiger partial charge is 0.359 e. The van der Waals surface area contributed by atoms with Gasteiger partial charge in [-0.25, -0.2) is 0 Å². The maximum absolute atomic E-state index is 9.35. The average Bonchev–Trinajstić information content (AvgIpc) is 2.36. The summed E-state index contributed by atoms with van der Waals surface area (Å²) in [7, 11) is 1.61. The molecule has 0 aliphatic rings. The number of unbranched alkanes of at least 4 members (excludes halogenated alkanes) is 2. The summed E-state index contributed by atoms with van der Waals surface area (Å²) in [5, 5.41) is 9.35. The van der Waals surface area contributed by atoms with Crippen LogP contribution in [0, 0.1) is 11.3 Å². The highest BCUT2D eigenvalue weighted by Gasteiger charge is 2.31. The number of benzene rings is 1. The van der Waals surface area contributed by atoms with Gasteiger partial charge in [0.15, 0.2) is 5.60 Å². The van der Waals surface area contributed by atoms with Gasteiger partial charge >= 0.3 is 0 Å². The Hall–Kier alpha value is -1.33. The van der Waals surface area contributed by atoms with Crippen LogP contribution in [0.4, 0.5) is 0 Å². The quantitative estimate of drug-likeness (QED) is 0.682. The molecule has 0 fully saturated rings. The van der Waals surface area contributed by atoms with E-state index >= 15 is 0 Å². The highest BCUT2D eigenvalue weighted by atomic mass is 16.5. The summed E-state index contributed by atoms with van der Waals surface area (Å²) >= 11 is 0. The van der Waals surface area contributed by atoms with Crippen LogP contribution >= 0.6 is 0 Å². The number of ether oxygens (including phenoxy) is 1. The number of hydrogen-bond acceptors (Lipinski definition) is 2. The van der Waals surface area contributed by atoms with Crippen LogP contribution in [0.5, 0.6) is 0 Å². The van der Waals surface area contributed by atoms with Crippen LogP contribution in [0.2, 0.25) is 0 Å². The normalized spacial score (nSPS) is 14.1. The summed E-state index contributed by atoms with van der Waals surface area (Å²) in [4.78, 5) is 0. The topological polar surface area (TPSA) is 33.0 Å². The molecule has 0 amide bonds. The lowest BCUT2D eigenvalue weighted by atomic mass is 9.89. The number of nitriles is 1. The molecule has 0 aromatic heterocycles. The molecular weight excluding hydrogens is 198 g/mol. The maximum Gasteiger partial charge on any atom is 0.179 e. The number of methoxy groups -OCH3 is 1. The Morgan fingerprint density at radius 2 is 1.94 bits per heavy atom. The summed E-state index contributed by atoms with van der Waals surface area (Å²) in [5.41, 5.74) is 0.187. The predicted octanol–water partition coefficient (Wildman–Crippen LogP) is 3.63. The number of rotatable bonds is 6. The highest BCUT2D eigenvalue weighted by molar-refractivity contribution is 5.28. The van der Waals surface area contributed by atoms with E-state index < -0.39 is 5.60 Å². The molecule has 2 nitrogen and oxygen atoms in total. The van der Waals surface area contributed by atoms with E-state index in [9.17, 15) is 5.26 Å². The minimum Gasteiger partial charge on any atom is -0.359 e. The molecule has 0 saturated carbocycles. The van der Waals surface area contributed by atoms with Gasteiger partial charge in [-0.1, -0.05) is 50.1 Å². The first-order valence-corrected chi connectivity index (χ1v) is 5.81. The van der Waals surface area contributed by atoms with Gasteiger partial charge in [-0.05, 0) is 18.4 Å². The van der Waals surface area contributed by atoms with E-state index in [2.05, 4.69) is 13.0 Å². The van der Waals surface area contributed by atoms with Crippen molar-refractivity contribution in [2.75, 3.05) is 7.11 Å². The summed E-state index contributed by atoms with van der Waals surface area (Å²) in [5.74, 6) is 0. The summed E-state index contributed by atoms with van der Waals surface area (Å²) in [6, 6.07) is 12.1. The van der Waals surface area contributed by atoms with E-state index in [-0.39, 0.29) is 0 Å². The van der Waals surface area contributed by atoms with Crippen LogP contribution < -0.4 is 0 Å². The van der Waals surface area contributed by atoms with Gasteiger partial charge in [0, 0.05) is 7.11 Å². The molecule has 0 heterocycles. The van der Waals surface area contributed by atoms with Gasteiger partial charge in [-0.15, -0.1) is 0 Å². The van der Waals surface area contributed by atoms with Crippen molar-refractivity contribution in [2.45, 2.75) is 38.2 Å². The standard InChI is InChI=1S/C14H19NO/c1-3-4-8-11-14(12-15,16-2)13-9-6-5-7-10-13/h5-7,9-10H,3-4,8,11H2,1-2H3. The fourth-order valence-electron chi connectivity index (χ4n) is 1.86. The Labute approximate surface area is 97.9 Å². The Kier molecular flexibility index (Phi) is 5.01. The van der Waals surface area contributed by atoms with Crippen LogP contribution in [0.25, 0.3) is 0 Å². The molecule has 1 aromatic carbocycles. The van der Waals surface area contributed by atoms with E-state index in [0.29, 0.717) is 0 Å². The zero-order chi connectivity index (χ0) is 11.9. The van der Waals surface area contributed by atoms with Gasteiger partial charge in [0.05, 0.1) is 0 Å². The maximum atomic E-state index is 9.35. The van der Waals surface area contributed by atoms with Gasteiger partial charge in [-0.3, -0.25) is 0 Å². The first-order chi connectivity index (χ1) is 7.79. The molecule has 0 spiro atoms. The van der Waals surface area contributed by atoms with Crippen molar-refractivity contribution < 1.29 is 4.74 Å². The van der Waals surface area contributed by atoms with Gasteiger partial charge in [-0.2, -0.15) is 5.26 Å². The monoisotopic (exact) mass is 217 g/mol. The Balaban J connectivity index is 2.85. The molecule has 0 N–H and O–H groups in total. The van der Waals surface area contributed by atoms with Crippen molar-refractivity contribution in [3.63, 3.8) is 0 Å². The molecule has 0 saturated heterocycles. The van der Waals surface area contributed by atoms with Crippen LogP contribution in [-0.2, 0) is 10.3 Å². The van der Waals surface area contributed by atoms with Gasteiger partial charge < -0.3 is 4.74 Å². The minimum absolute atomic E-state index is 0.762. The minimum atomic E-state index is -0.767. The molecule has 16 heavy (non-hydrogen) atoms. The molecule has 1 aromatic rings. The third-order valence-corrected chi connectivity index (χ3v) is 2.90. The summed E-state index contributed by atoms with van der Waals surface area (Å²) in [6.07, 6.45) is 4.07. The molecule has 0 radical (unpaired) electrons. The second-order valence-electron chi connectivity index (χ2n) is 3.97. The van der Waals surface area contributed by atoms with E-state index in [4.69, 9.17) is 4.74 Å². The first kappa shape index (κ1) is 12.7. The zero-order valence-corrected chi connectivity index (χ0v) is 10.1. The molecule has 0 bridgehead atoms. The second kappa shape index (κ2) is 6.30. The molecule has 1 rings (SSSR count). The Morgan fingerprint density at radius 3 is 2.44 bits per heavy atom. The predicted molar refractivity (Wildman–Crippen MR) is 64.9 cm³/mol. The summed E-state index contributed by atoms with van der Waals surface area (Å²) < 4.78 is 5.46. The van der Waals surface area contributed by atoms with Crippen LogP contribution in [-0.4, -0.2) is 7.11 Å². The molecule has 1 unspecified atom stereocenters. The van der Waals surface area contributed by atoms with Crippen molar-refractivity contribution in [1.29, 1.82) is 5.26 Å². The van der Waals surface area contributed by atoms with Gasteiger partial charge in [0.25, 0.3) is 0 Å². The lowest BCUT2D eigenvalue weighted by molar-refractivity contribution is 0.0263. The third kappa shape index (κ3) is 2.84. The number of nitrogens with zero attached hydrogens (tertiary/aromatic N) is 1. The Bertz CT molecular complexity index is 342. The molecule has 1 atom stereocenters. The van der Waals surface area contributed by atoms with Crippen molar-refractivity contribution in [3.8, 4) is 6.07 Å². The second-order valence-corrected chi connectivity index (χ2v) is 3.97. The molecule has 0 aliphatic carbocycles. The van der Waals surface area contributed by atoms with E-state index in [1.807, 2.05) is 30.3 Å². The van der Waals surface area contributed by atoms with E-state index in [1.54, 1.807) is 7.11 Å². The molecular formula is C14H19NO. The Morgan fingerprint density at radius 1 is 1.25 bits per heavy atom. The third-order valence-electron chi connectivity index (χ3n) is 2.90. The van der Waals surface area contributed by atoms with Crippen molar-refractivity contribution in [3.05, 3.63) is 35.9 Å². The SMILES string of the molecule is CCCCCC(C#N)(OC)c1ccccc1. The molecule has 2 heteroatoms. The van der Waals surface area contributed by atoms with Crippen molar-refractivity contribution in [2.24, 2.45) is 0 Å². The molecule has 86 valence electrons.